The molecule has 0 aliphatic carbocycles. The second kappa shape index (κ2) is 10.7. The number of nitrogens with one attached hydrogen (secondary N) is 1. The third kappa shape index (κ3) is 4.76. The number of amides is 1. The van der Waals surface area contributed by atoms with Gasteiger partial charge in [0, 0.05) is 30.9 Å². The van der Waals surface area contributed by atoms with Crippen molar-refractivity contribution in [3.8, 4) is 11.5 Å². The highest BCUT2D eigenvalue weighted by Crippen LogP contribution is 2.39. The number of methoxy groups -OCH3 is 2. The largest absolute Gasteiger partial charge is 0.872 e. The van der Waals surface area contributed by atoms with Crippen LogP contribution in [-0.2, 0) is 14.3 Å². The molecule has 1 amide bonds. The van der Waals surface area contributed by atoms with Gasteiger partial charge in [0.1, 0.15) is 13.1 Å². The number of carbonyl (C=O) groups excluding carboxylic acids is 2. The number of ketones is 1. The molecule has 2 saturated heterocycles. The molecule has 2 aliphatic heterocycles. The van der Waals surface area contributed by atoms with Crippen LogP contribution in [0.3, 0.4) is 0 Å². The van der Waals surface area contributed by atoms with Gasteiger partial charge in [0.15, 0.2) is 11.5 Å². The van der Waals surface area contributed by atoms with E-state index in [2.05, 4.69) is 4.98 Å². The third-order valence-corrected chi connectivity index (χ3v) is 6.33. The Balaban J connectivity index is 1.67. The van der Waals surface area contributed by atoms with Crippen molar-refractivity contribution in [3.05, 3.63) is 59.4 Å². The Bertz CT molecular complexity index is 1070. The molecule has 1 atom stereocenters. The summed E-state index contributed by atoms with van der Waals surface area (Å²) in [6, 6.07) is 7.42. The molecular formula is C25H29N3O6. The van der Waals surface area contributed by atoms with Crippen LogP contribution < -0.4 is 19.5 Å². The van der Waals surface area contributed by atoms with Crippen molar-refractivity contribution in [1.29, 1.82) is 0 Å². The van der Waals surface area contributed by atoms with E-state index in [4.69, 9.17) is 14.2 Å². The maximum absolute atomic E-state index is 13.6. The summed E-state index contributed by atoms with van der Waals surface area (Å²) in [5.41, 5.74) is 0.881. The quantitative estimate of drug-likeness (QED) is 0.321. The van der Waals surface area contributed by atoms with E-state index in [1.807, 2.05) is 0 Å². The number of ether oxygens (including phenoxy) is 3. The Morgan fingerprint density at radius 3 is 2.50 bits per heavy atom. The van der Waals surface area contributed by atoms with Gasteiger partial charge in [-0.05, 0) is 35.4 Å². The smallest absolute Gasteiger partial charge is 0.295 e. The first-order chi connectivity index (χ1) is 16.5. The first-order valence-corrected chi connectivity index (χ1v) is 11.3. The second-order valence-electron chi connectivity index (χ2n) is 8.29. The van der Waals surface area contributed by atoms with Crippen LogP contribution in [0.15, 0.2) is 48.3 Å². The predicted octanol–water partition coefficient (Wildman–Crippen LogP) is -0.372. The number of pyridine rings is 1. The van der Waals surface area contributed by atoms with Crippen LogP contribution in [0.2, 0.25) is 0 Å². The highest BCUT2D eigenvalue weighted by atomic mass is 16.5. The summed E-state index contributed by atoms with van der Waals surface area (Å²) in [5, 5.41) is 13.6. The number of Topliss-reactive ketones (excluding diaryl/α,β-unsaturated/α-hetero) is 1. The number of quaternary nitrogens is 1. The van der Waals surface area contributed by atoms with Crippen molar-refractivity contribution < 1.29 is 33.8 Å². The average molecular weight is 468 g/mol. The van der Waals surface area contributed by atoms with E-state index in [0.29, 0.717) is 30.0 Å². The fourth-order valence-corrected chi connectivity index (χ4v) is 4.54. The number of morpholine rings is 1. The molecule has 3 heterocycles. The van der Waals surface area contributed by atoms with Crippen LogP contribution in [0.1, 0.15) is 23.6 Å². The molecule has 1 aromatic carbocycles. The zero-order chi connectivity index (χ0) is 24.1. The van der Waals surface area contributed by atoms with E-state index < -0.39 is 23.5 Å². The molecule has 4 rings (SSSR count). The Morgan fingerprint density at radius 2 is 1.82 bits per heavy atom. The average Bonchev–Trinajstić information content (AvgIpc) is 3.14. The first kappa shape index (κ1) is 23.7. The summed E-state index contributed by atoms with van der Waals surface area (Å²) in [5.74, 6) is -1.07. The molecule has 1 N–H and O–H groups in total. The molecule has 1 aromatic heterocycles. The highest BCUT2D eigenvalue weighted by Gasteiger charge is 2.44. The molecule has 9 heteroatoms. The summed E-state index contributed by atoms with van der Waals surface area (Å²) in [4.78, 5) is 33.1. The number of carbonyl (C=O) groups is 2. The number of rotatable bonds is 8. The molecule has 0 radical (unpaired) electrons. The topological polar surface area (TPSA) is 105 Å². The monoisotopic (exact) mass is 467 g/mol. The molecule has 1 unspecified atom stereocenters. The van der Waals surface area contributed by atoms with Crippen molar-refractivity contribution in [3.63, 3.8) is 0 Å². The zero-order valence-corrected chi connectivity index (χ0v) is 19.4. The summed E-state index contributed by atoms with van der Waals surface area (Å²) in [6.45, 7) is 4.56. The van der Waals surface area contributed by atoms with E-state index in [0.717, 1.165) is 32.8 Å². The standard InChI is InChI=1S/C25H29N3O6/c1-32-19-5-4-18(16-20(19)33-2)23(29)21-22(17-6-8-26-9-7-17)28(25(31)24(21)30)11-3-10-27-12-14-34-15-13-27/h4-9,16,22,29H,3,10-15H2,1-2H3/b23-21+. The second-order valence-corrected chi connectivity index (χ2v) is 8.29. The summed E-state index contributed by atoms with van der Waals surface area (Å²) >= 11 is 0. The summed E-state index contributed by atoms with van der Waals surface area (Å²) < 4.78 is 16.0. The van der Waals surface area contributed by atoms with Gasteiger partial charge in [0.25, 0.3) is 5.91 Å². The van der Waals surface area contributed by atoms with Crippen LogP contribution in [0, 0.1) is 0 Å². The number of hydrogen-bond donors (Lipinski definition) is 1. The highest BCUT2D eigenvalue weighted by molar-refractivity contribution is 6.46. The van der Waals surface area contributed by atoms with Crippen LogP contribution in [0.5, 0.6) is 11.5 Å². The fraction of sp³-hybridized carbons (Fsp3) is 0.400. The third-order valence-electron chi connectivity index (χ3n) is 6.33. The van der Waals surface area contributed by atoms with Gasteiger partial charge in [0.05, 0.1) is 40.0 Å². The molecule has 0 bridgehead atoms. The Labute approximate surface area is 198 Å². The SMILES string of the molecule is COc1ccc(/C([O-])=C2\C(=O)C(=O)N(CCC[NH+]3CCOCC3)C2c2ccncc2)cc1OC. The predicted molar refractivity (Wildman–Crippen MR) is 121 cm³/mol. The number of aromatic nitrogens is 1. The summed E-state index contributed by atoms with van der Waals surface area (Å²) in [6.07, 6.45) is 3.90. The lowest BCUT2D eigenvalue weighted by Crippen LogP contribution is -3.14. The van der Waals surface area contributed by atoms with Gasteiger partial charge in [-0.2, -0.15) is 0 Å². The Hall–Kier alpha value is -3.43. The molecule has 2 aliphatic rings. The molecule has 180 valence electrons. The number of nitrogens with zero attached hydrogens (tertiary/aromatic N) is 2. The van der Waals surface area contributed by atoms with E-state index >= 15 is 0 Å². The Kier molecular flexibility index (Phi) is 7.44. The van der Waals surface area contributed by atoms with Gasteiger partial charge < -0.3 is 29.1 Å². The van der Waals surface area contributed by atoms with E-state index in [1.165, 1.54) is 30.1 Å². The molecule has 0 spiro atoms. The fourth-order valence-electron chi connectivity index (χ4n) is 4.54. The van der Waals surface area contributed by atoms with Crippen molar-refractivity contribution in [2.75, 3.05) is 53.6 Å². The van der Waals surface area contributed by atoms with Gasteiger partial charge in [-0.3, -0.25) is 14.6 Å². The van der Waals surface area contributed by atoms with Crippen molar-refractivity contribution in [2.45, 2.75) is 12.5 Å². The minimum Gasteiger partial charge on any atom is -0.872 e. The minimum atomic E-state index is -0.764. The molecule has 0 saturated carbocycles. The molecule has 2 fully saturated rings. The Morgan fingerprint density at radius 1 is 1.12 bits per heavy atom. The van der Waals surface area contributed by atoms with Gasteiger partial charge in [0.2, 0.25) is 5.78 Å². The van der Waals surface area contributed by atoms with Gasteiger partial charge in [-0.15, -0.1) is 0 Å². The van der Waals surface area contributed by atoms with Crippen LogP contribution in [-0.4, -0.2) is 75.2 Å². The van der Waals surface area contributed by atoms with Crippen LogP contribution >= 0.6 is 0 Å². The zero-order valence-electron chi connectivity index (χ0n) is 19.4. The maximum Gasteiger partial charge on any atom is 0.295 e. The van der Waals surface area contributed by atoms with E-state index in [-0.39, 0.29) is 11.1 Å². The van der Waals surface area contributed by atoms with E-state index in [9.17, 15) is 14.7 Å². The molecule has 2 aromatic rings. The molecular weight excluding hydrogens is 438 g/mol. The maximum atomic E-state index is 13.6. The van der Waals surface area contributed by atoms with Crippen molar-refractivity contribution >= 4 is 17.4 Å². The number of hydrogen-bond acceptors (Lipinski definition) is 7. The van der Waals surface area contributed by atoms with Crippen molar-refractivity contribution in [2.24, 2.45) is 0 Å². The van der Waals surface area contributed by atoms with E-state index in [1.54, 1.807) is 36.7 Å². The number of benzene rings is 1. The van der Waals surface area contributed by atoms with Gasteiger partial charge >= 0.3 is 0 Å². The normalized spacial score (nSPS) is 20.5. The molecule has 34 heavy (non-hydrogen) atoms. The molecule has 9 nitrogen and oxygen atoms in total. The first-order valence-electron chi connectivity index (χ1n) is 11.3. The minimum absolute atomic E-state index is 0.0536. The summed E-state index contributed by atoms with van der Waals surface area (Å²) in [7, 11) is 2.98. The lowest BCUT2D eigenvalue weighted by molar-refractivity contribution is -0.908. The lowest BCUT2D eigenvalue weighted by atomic mass is 9.95. The number of likely N-dealkylation sites (tertiary alicyclic amines) is 1. The van der Waals surface area contributed by atoms with Crippen LogP contribution in [0.4, 0.5) is 0 Å². The lowest BCUT2D eigenvalue weighted by Gasteiger charge is -2.29. The van der Waals surface area contributed by atoms with Crippen molar-refractivity contribution in [1.82, 2.24) is 9.88 Å². The van der Waals surface area contributed by atoms with Crippen LogP contribution in [0.25, 0.3) is 5.76 Å². The van der Waals surface area contributed by atoms with Gasteiger partial charge in [-0.1, -0.05) is 11.8 Å². The van der Waals surface area contributed by atoms with Gasteiger partial charge in [-0.25, -0.2) is 0 Å².